The number of hydrogen-bond acceptors (Lipinski definition) is 4. The van der Waals surface area contributed by atoms with E-state index < -0.39 is 0 Å². The second-order valence-electron chi connectivity index (χ2n) is 4.47. The Morgan fingerprint density at radius 3 is 2.85 bits per heavy atom. The molecule has 0 aliphatic rings. The number of aromatic nitrogens is 2. The molecular weight excluding hydrogens is 256 g/mol. The summed E-state index contributed by atoms with van der Waals surface area (Å²) in [5.41, 5.74) is 1.52. The molecule has 3 N–H and O–H groups in total. The first kappa shape index (κ1) is 13.8. The Balaban J connectivity index is 2.14. The van der Waals surface area contributed by atoms with Gasteiger partial charge in [-0.3, -0.25) is 9.59 Å². The number of rotatable bonds is 4. The highest BCUT2D eigenvalue weighted by Gasteiger charge is 2.07. The minimum absolute atomic E-state index is 0.0435. The average molecular weight is 272 g/mol. The predicted octanol–water partition coefficient (Wildman–Crippen LogP) is 1.90. The van der Waals surface area contributed by atoms with Crippen LogP contribution in [0.3, 0.4) is 0 Å². The van der Waals surface area contributed by atoms with Crippen molar-refractivity contribution in [2.75, 3.05) is 10.6 Å². The number of aromatic amines is 1. The molecule has 0 radical (unpaired) electrons. The zero-order valence-corrected chi connectivity index (χ0v) is 11.3. The maximum Gasteiger partial charge on any atom is 0.252 e. The minimum Gasteiger partial charge on any atom is -0.363 e. The molecule has 1 aromatic heterocycles. The lowest BCUT2D eigenvalue weighted by molar-refractivity contribution is -0.114. The Morgan fingerprint density at radius 1 is 1.35 bits per heavy atom. The van der Waals surface area contributed by atoms with Crippen LogP contribution in [0.2, 0.25) is 0 Å². The van der Waals surface area contributed by atoms with E-state index in [2.05, 4.69) is 20.6 Å². The van der Waals surface area contributed by atoms with Gasteiger partial charge in [0, 0.05) is 18.7 Å². The summed E-state index contributed by atoms with van der Waals surface area (Å²) in [6, 6.07) is 8.86. The van der Waals surface area contributed by atoms with Crippen molar-refractivity contribution in [1.29, 1.82) is 0 Å². The highest BCUT2D eigenvalue weighted by atomic mass is 16.1. The number of carbonyl (C=O) groups excluding carboxylic acids is 1. The molecule has 1 amide bonds. The molecular formula is C14H16N4O2. The van der Waals surface area contributed by atoms with Crippen molar-refractivity contribution < 1.29 is 4.79 Å². The molecule has 104 valence electrons. The number of hydrogen-bond donors (Lipinski definition) is 3. The van der Waals surface area contributed by atoms with Gasteiger partial charge in [-0.2, -0.15) is 0 Å². The van der Waals surface area contributed by atoms with E-state index in [-0.39, 0.29) is 17.5 Å². The fourth-order valence-electron chi connectivity index (χ4n) is 1.84. The molecule has 0 saturated heterocycles. The van der Waals surface area contributed by atoms with Gasteiger partial charge < -0.3 is 15.6 Å². The highest BCUT2D eigenvalue weighted by molar-refractivity contribution is 5.88. The summed E-state index contributed by atoms with van der Waals surface area (Å²) in [5.74, 6) is 0.394. The van der Waals surface area contributed by atoms with Crippen LogP contribution in [0, 0.1) is 0 Å². The molecule has 1 heterocycles. The molecule has 6 nitrogen and oxygen atoms in total. The molecule has 0 fully saturated rings. The van der Waals surface area contributed by atoms with E-state index in [0.717, 1.165) is 11.3 Å². The largest absolute Gasteiger partial charge is 0.363 e. The number of nitrogens with one attached hydrogen (secondary N) is 3. The molecule has 0 spiro atoms. The lowest BCUT2D eigenvalue weighted by Crippen LogP contribution is -2.13. The summed E-state index contributed by atoms with van der Waals surface area (Å²) >= 11 is 0. The van der Waals surface area contributed by atoms with E-state index in [4.69, 9.17) is 0 Å². The van der Waals surface area contributed by atoms with Crippen LogP contribution in [-0.4, -0.2) is 15.9 Å². The van der Waals surface area contributed by atoms with Crippen molar-refractivity contribution in [3.8, 4) is 0 Å². The van der Waals surface area contributed by atoms with E-state index in [1.54, 1.807) is 0 Å². The van der Waals surface area contributed by atoms with Crippen LogP contribution in [0.5, 0.6) is 0 Å². The van der Waals surface area contributed by atoms with Gasteiger partial charge in [-0.1, -0.05) is 12.1 Å². The van der Waals surface area contributed by atoms with Crippen molar-refractivity contribution in [3.05, 3.63) is 52.6 Å². The van der Waals surface area contributed by atoms with Crippen LogP contribution in [0.4, 0.5) is 11.5 Å². The molecule has 1 atom stereocenters. The summed E-state index contributed by atoms with van der Waals surface area (Å²) in [6.07, 6.45) is 1.35. The zero-order chi connectivity index (χ0) is 14.5. The predicted molar refractivity (Wildman–Crippen MR) is 77.6 cm³/mol. The number of carbonyl (C=O) groups is 1. The molecule has 1 aromatic carbocycles. The average Bonchev–Trinajstić information content (AvgIpc) is 2.38. The second kappa shape index (κ2) is 6.01. The summed E-state index contributed by atoms with van der Waals surface area (Å²) in [7, 11) is 0. The van der Waals surface area contributed by atoms with E-state index in [9.17, 15) is 9.59 Å². The standard InChI is InChI=1S/C14H16N4O2/c1-9(17-13-7-14(20)16-8-15-13)11-4-3-5-12(6-11)18-10(2)19/h3-9H,1-2H3,(H,18,19)(H2,15,16,17,20). The lowest BCUT2D eigenvalue weighted by Gasteiger charge is -2.15. The quantitative estimate of drug-likeness (QED) is 0.793. The van der Waals surface area contributed by atoms with Crippen LogP contribution < -0.4 is 16.2 Å². The third kappa shape index (κ3) is 3.68. The Bertz CT molecular complexity index is 666. The fraction of sp³-hybridized carbons (Fsp3) is 0.214. The second-order valence-corrected chi connectivity index (χ2v) is 4.47. The third-order valence-electron chi connectivity index (χ3n) is 2.75. The summed E-state index contributed by atoms with van der Waals surface area (Å²) < 4.78 is 0. The highest BCUT2D eigenvalue weighted by Crippen LogP contribution is 2.20. The van der Waals surface area contributed by atoms with Gasteiger partial charge in [-0.25, -0.2) is 4.98 Å². The number of anilines is 2. The smallest absolute Gasteiger partial charge is 0.252 e. The van der Waals surface area contributed by atoms with Crippen molar-refractivity contribution in [3.63, 3.8) is 0 Å². The van der Waals surface area contributed by atoms with Crippen LogP contribution in [-0.2, 0) is 4.79 Å². The SMILES string of the molecule is CC(=O)Nc1cccc(C(C)Nc2cc(=O)[nH]cn2)c1. The maximum absolute atomic E-state index is 11.2. The topological polar surface area (TPSA) is 86.9 Å². The van der Waals surface area contributed by atoms with Crippen molar-refractivity contribution in [2.45, 2.75) is 19.9 Å². The van der Waals surface area contributed by atoms with E-state index >= 15 is 0 Å². The number of nitrogens with zero attached hydrogens (tertiary/aromatic N) is 1. The lowest BCUT2D eigenvalue weighted by atomic mass is 10.1. The van der Waals surface area contributed by atoms with Crippen LogP contribution in [0.1, 0.15) is 25.5 Å². The summed E-state index contributed by atoms with van der Waals surface area (Å²) in [5, 5.41) is 5.87. The van der Waals surface area contributed by atoms with Crippen LogP contribution >= 0.6 is 0 Å². The molecule has 0 saturated carbocycles. The van der Waals surface area contributed by atoms with Gasteiger partial charge in [0.1, 0.15) is 5.82 Å². The molecule has 0 aliphatic heterocycles. The molecule has 2 aromatic rings. The fourth-order valence-corrected chi connectivity index (χ4v) is 1.84. The van der Waals surface area contributed by atoms with E-state index in [1.807, 2.05) is 31.2 Å². The monoisotopic (exact) mass is 272 g/mol. The van der Waals surface area contributed by atoms with Crippen LogP contribution in [0.15, 0.2) is 41.5 Å². The van der Waals surface area contributed by atoms with Gasteiger partial charge in [0.25, 0.3) is 5.56 Å². The van der Waals surface area contributed by atoms with Gasteiger partial charge >= 0.3 is 0 Å². The molecule has 6 heteroatoms. The first-order valence-corrected chi connectivity index (χ1v) is 6.23. The van der Waals surface area contributed by atoms with Gasteiger partial charge in [0.2, 0.25) is 5.91 Å². The Kier molecular flexibility index (Phi) is 4.14. The molecule has 0 aliphatic carbocycles. The summed E-state index contributed by atoms with van der Waals surface area (Å²) in [4.78, 5) is 28.7. The molecule has 0 bridgehead atoms. The zero-order valence-electron chi connectivity index (χ0n) is 11.3. The van der Waals surface area contributed by atoms with Gasteiger partial charge in [-0.05, 0) is 24.6 Å². The number of benzene rings is 1. The summed E-state index contributed by atoms with van der Waals surface area (Å²) in [6.45, 7) is 3.42. The van der Waals surface area contributed by atoms with Crippen molar-refractivity contribution in [2.24, 2.45) is 0 Å². The van der Waals surface area contributed by atoms with Gasteiger partial charge in [0.05, 0.1) is 12.4 Å². The molecule has 2 rings (SSSR count). The first-order valence-electron chi connectivity index (χ1n) is 6.23. The normalized spacial score (nSPS) is 11.7. The van der Waals surface area contributed by atoms with Crippen LogP contribution in [0.25, 0.3) is 0 Å². The number of amides is 1. The number of H-pyrrole nitrogens is 1. The van der Waals surface area contributed by atoms with Crippen molar-refractivity contribution >= 4 is 17.4 Å². The maximum atomic E-state index is 11.2. The Hall–Kier alpha value is -2.63. The Morgan fingerprint density at radius 2 is 2.15 bits per heavy atom. The van der Waals surface area contributed by atoms with E-state index in [1.165, 1.54) is 19.3 Å². The van der Waals surface area contributed by atoms with Gasteiger partial charge in [0.15, 0.2) is 0 Å². The van der Waals surface area contributed by atoms with E-state index in [0.29, 0.717) is 5.82 Å². The first-order chi connectivity index (χ1) is 9.54. The Labute approximate surface area is 116 Å². The minimum atomic E-state index is -0.207. The third-order valence-corrected chi connectivity index (χ3v) is 2.75. The van der Waals surface area contributed by atoms with Gasteiger partial charge in [-0.15, -0.1) is 0 Å². The van der Waals surface area contributed by atoms with Crippen molar-refractivity contribution in [1.82, 2.24) is 9.97 Å². The molecule has 20 heavy (non-hydrogen) atoms. The molecule has 1 unspecified atom stereocenters.